The van der Waals surface area contributed by atoms with Gasteiger partial charge in [0.2, 0.25) is 0 Å². The normalized spacial score (nSPS) is 8.24. The van der Waals surface area contributed by atoms with E-state index in [1.165, 1.54) is 44.6 Å². The van der Waals surface area contributed by atoms with E-state index < -0.39 is 0 Å². The van der Waals surface area contributed by atoms with Crippen LogP contribution in [0.2, 0.25) is 0 Å². The molecule has 0 spiro atoms. The standard InChI is InChI=1S/C7H8.C7H16.C2H4O/c1-7-5-3-2-4-6-7;1-3-5-7-6-4-2;1-2-3/h2-6H,1H3;3-7H2,1-2H3;2H,1H3. The molecule has 0 amide bonds. The van der Waals surface area contributed by atoms with Crippen LogP contribution in [0.5, 0.6) is 0 Å². The molecule has 1 rings (SSSR count). The lowest BCUT2D eigenvalue weighted by molar-refractivity contribution is -0.106. The van der Waals surface area contributed by atoms with Gasteiger partial charge in [-0.25, -0.2) is 0 Å². The third-order valence-electron chi connectivity index (χ3n) is 2.15. The van der Waals surface area contributed by atoms with E-state index >= 15 is 0 Å². The second-order valence-electron chi connectivity index (χ2n) is 3.95. The molecule has 0 bridgehead atoms. The SMILES string of the molecule is CC=O.CCCCCCC.Cc1ccccc1. The Morgan fingerprint density at radius 1 is 0.941 bits per heavy atom. The van der Waals surface area contributed by atoms with Gasteiger partial charge in [0.15, 0.2) is 0 Å². The van der Waals surface area contributed by atoms with Gasteiger partial charge in [-0.15, -0.1) is 0 Å². The second-order valence-corrected chi connectivity index (χ2v) is 3.95. The Morgan fingerprint density at radius 2 is 1.35 bits per heavy atom. The van der Waals surface area contributed by atoms with Crippen molar-refractivity contribution in [3.63, 3.8) is 0 Å². The van der Waals surface area contributed by atoms with E-state index in [0.717, 1.165) is 6.29 Å². The van der Waals surface area contributed by atoms with Crippen LogP contribution in [0.4, 0.5) is 0 Å². The van der Waals surface area contributed by atoms with E-state index in [0.29, 0.717) is 0 Å². The summed E-state index contributed by atoms with van der Waals surface area (Å²) in [5.41, 5.74) is 1.32. The Balaban J connectivity index is 0. The van der Waals surface area contributed by atoms with E-state index in [2.05, 4.69) is 32.9 Å². The van der Waals surface area contributed by atoms with Gasteiger partial charge in [-0.3, -0.25) is 0 Å². The summed E-state index contributed by atoms with van der Waals surface area (Å²) in [6, 6.07) is 10.3. The van der Waals surface area contributed by atoms with Crippen LogP contribution in [0.1, 0.15) is 58.4 Å². The second kappa shape index (κ2) is 17.3. The van der Waals surface area contributed by atoms with Gasteiger partial charge in [0, 0.05) is 0 Å². The van der Waals surface area contributed by atoms with Gasteiger partial charge < -0.3 is 4.79 Å². The van der Waals surface area contributed by atoms with Gasteiger partial charge in [0.25, 0.3) is 0 Å². The summed E-state index contributed by atoms with van der Waals surface area (Å²) >= 11 is 0. The largest absolute Gasteiger partial charge is 0.304 e. The molecule has 17 heavy (non-hydrogen) atoms. The predicted molar refractivity (Wildman–Crippen MR) is 77.4 cm³/mol. The highest BCUT2D eigenvalue weighted by atomic mass is 16.1. The van der Waals surface area contributed by atoms with Crippen LogP contribution in [0.25, 0.3) is 0 Å². The number of unbranched alkanes of at least 4 members (excludes halogenated alkanes) is 4. The molecule has 0 atom stereocenters. The summed E-state index contributed by atoms with van der Waals surface area (Å²) in [5.74, 6) is 0. The number of carbonyl (C=O) groups is 1. The maximum atomic E-state index is 8.81. The van der Waals surface area contributed by atoms with E-state index in [1.807, 2.05) is 18.2 Å². The Morgan fingerprint density at radius 3 is 1.59 bits per heavy atom. The van der Waals surface area contributed by atoms with Crippen molar-refractivity contribution >= 4 is 6.29 Å². The Labute approximate surface area is 107 Å². The molecular formula is C16H28O. The predicted octanol–water partition coefficient (Wildman–Crippen LogP) is 5.18. The third kappa shape index (κ3) is 20.9. The van der Waals surface area contributed by atoms with Crippen LogP contribution < -0.4 is 0 Å². The molecule has 1 nitrogen and oxygen atoms in total. The fourth-order valence-corrected chi connectivity index (χ4v) is 1.21. The molecular weight excluding hydrogens is 208 g/mol. The summed E-state index contributed by atoms with van der Waals surface area (Å²) in [5, 5.41) is 0. The van der Waals surface area contributed by atoms with Crippen molar-refractivity contribution in [2.45, 2.75) is 59.8 Å². The van der Waals surface area contributed by atoms with Crippen molar-refractivity contribution in [2.24, 2.45) is 0 Å². The molecule has 0 saturated heterocycles. The maximum Gasteiger partial charge on any atom is 0.116 e. The van der Waals surface area contributed by atoms with Crippen LogP contribution in [0.3, 0.4) is 0 Å². The zero-order chi connectivity index (χ0) is 13.4. The summed E-state index contributed by atoms with van der Waals surface area (Å²) in [6.07, 6.45) is 7.76. The zero-order valence-electron chi connectivity index (χ0n) is 11.9. The van der Waals surface area contributed by atoms with Crippen LogP contribution >= 0.6 is 0 Å². The average molecular weight is 236 g/mol. The molecule has 0 aromatic heterocycles. The fraction of sp³-hybridized carbons (Fsp3) is 0.562. The lowest BCUT2D eigenvalue weighted by atomic mass is 10.2. The number of hydrogen-bond acceptors (Lipinski definition) is 1. The van der Waals surface area contributed by atoms with E-state index in [-0.39, 0.29) is 0 Å². The first-order valence-electron chi connectivity index (χ1n) is 6.64. The molecule has 0 radical (unpaired) electrons. The monoisotopic (exact) mass is 236 g/mol. The van der Waals surface area contributed by atoms with Gasteiger partial charge in [-0.1, -0.05) is 81.8 Å². The van der Waals surface area contributed by atoms with E-state index in [4.69, 9.17) is 4.79 Å². The first-order chi connectivity index (χ1) is 8.22. The van der Waals surface area contributed by atoms with E-state index in [1.54, 1.807) is 0 Å². The number of aldehydes is 1. The van der Waals surface area contributed by atoms with Gasteiger partial charge in [0.05, 0.1) is 0 Å². The maximum absolute atomic E-state index is 8.81. The Hall–Kier alpha value is -1.11. The summed E-state index contributed by atoms with van der Waals surface area (Å²) in [4.78, 5) is 8.81. The van der Waals surface area contributed by atoms with Crippen molar-refractivity contribution in [3.05, 3.63) is 35.9 Å². The Kier molecular flexibility index (Phi) is 18.6. The highest BCUT2D eigenvalue weighted by Crippen LogP contribution is 2.00. The highest BCUT2D eigenvalue weighted by molar-refractivity contribution is 5.44. The topological polar surface area (TPSA) is 17.1 Å². The summed E-state index contributed by atoms with van der Waals surface area (Å²) < 4.78 is 0. The number of rotatable bonds is 4. The minimum absolute atomic E-state index is 0.750. The number of aryl methyl sites for hydroxylation is 1. The molecule has 1 aromatic carbocycles. The fourth-order valence-electron chi connectivity index (χ4n) is 1.21. The Bertz CT molecular complexity index is 225. The van der Waals surface area contributed by atoms with E-state index in [9.17, 15) is 0 Å². The molecule has 0 aliphatic heterocycles. The average Bonchev–Trinajstić information content (AvgIpc) is 2.33. The molecule has 0 aliphatic carbocycles. The molecule has 0 heterocycles. The minimum Gasteiger partial charge on any atom is -0.304 e. The van der Waals surface area contributed by atoms with Crippen LogP contribution in [-0.4, -0.2) is 6.29 Å². The van der Waals surface area contributed by atoms with Crippen molar-refractivity contribution in [3.8, 4) is 0 Å². The first-order valence-corrected chi connectivity index (χ1v) is 6.64. The molecule has 98 valence electrons. The third-order valence-corrected chi connectivity index (χ3v) is 2.15. The lowest BCUT2D eigenvalue weighted by Crippen LogP contribution is -1.70. The van der Waals surface area contributed by atoms with Gasteiger partial charge in [-0.05, 0) is 13.8 Å². The van der Waals surface area contributed by atoms with Gasteiger partial charge in [0.1, 0.15) is 6.29 Å². The van der Waals surface area contributed by atoms with Gasteiger partial charge >= 0.3 is 0 Å². The molecule has 0 fully saturated rings. The highest BCUT2D eigenvalue weighted by Gasteiger charge is 1.80. The molecule has 0 aliphatic rings. The molecule has 1 heteroatoms. The van der Waals surface area contributed by atoms with Gasteiger partial charge in [-0.2, -0.15) is 0 Å². The van der Waals surface area contributed by atoms with Crippen LogP contribution in [0, 0.1) is 6.92 Å². The van der Waals surface area contributed by atoms with Crippen molar-refractivity contribution < 1.29 is 4.79 Å². The van der Waals surface area contributed by atoms with Crippen molar-refractivity contribution in [1.29, 1.82) is 0 Å². The zero-order valence-corrected chi connectivity index (χ0v) is 11.9. The van der Waals surface area contributed by atoms with Crippen LogP contribution in [0.15, 0.2) is 30.3 Å². The van der Waals surface area contributed by atoms with Crippen molar-refractivity contribution in [1.82, 2.24) is 0 Å². The lowest BCUT2D eigenvalue weighted by Gasteiger charge is -1.90. The quantitative estimate of drug-likeness (QED) is 0.520. The smallest absolute Gasteiger partial charge is 0.116 e. The molecule has 0 N–H and O–H groups in total. The minimum atomic E-state index is 0.750. The molecule has 0 unspecified atom stereocenters. The van der Waals surface area contributed by atoms with Crippen molar-refractivity contribution in [2.75, 3.05) is 0 Å². The number of hydrogen-bond donors (Lipinski definition) is 0. The number of carbonyl (C=O) groups excluding carboxylic acids is 1. The number of benzene rings is 1. The molecule has 0 saturated carbocycles. The molecule has 1 aromatic rings. The summed E-state index contributed by atoms with van der Waals surface area (Å²) in [7, 11) is 0. The first kappa shape index (κ1) is 18.3. The summed E-state index contributed by atoms with van der Waals surface area (Å²) in [6.45, 7) is 8.02. The van der Waals surface area contributed by atoms with Crippen LogP contribution in [-0.2, 0) is 4.79 Å².